The lowest BCUT2D eigenvalue weighted by Crippen LogP contribution is -2.04. The maximum Gasteiger partial charge on any atom is 0.187 e. The lowest BCUT2D eigenvalue weighted by Gasteiger charge is -2.19. The van der Waals surface area contributed by atoms with Crippen LogP contribution in [0.5, 0.6) is 0 Å². The molecule has 0 radical (unpaired) electrons. The maximum atomic E-state index is 11.3. The second-order valence-corrected chi connectivity index (χ2v) is 16.4. The van der Waals surface area contributed by atoms with E-state index in [1.54, 1.807) is 0 Å². The van der Waals surface area contributed by atoms with E-state index in [1.807, 2.05) is 79.1 Å². The number of hydrogen-bond donors (Lipinski definition) is 0. The van der Waals surface area contributed by atoms with Gasteiger partial charge in [-0.25, -0.2) is 4.85 Å². The Morgan fingerprint density at radius 1 is 0.394 bits per heavy atom. The van der Waals surface area contributed by atoms with Crippen LogP contribution < -0.4 is 0 Å². The van der Waals surface area contributed by atoms with Crippen LogP contribution in [0.2, 0.25) is 0 Å². The summed E-state index contributed by atoms with van der Waals surface area (Å²) in [7, 11) is 0. The van der Waals surface area contributed by atoms with Crippen LogP contribution in [-0.2, 0) is 0 Å². The van der Waals surface area contributed by atoms with Crippen molar-refractivity contribution < 1.29 is 0 Å². The van der Waals surface area contributed by atoms with Crippen molar-refractivity contribution in [1.82, 2.24) is 19.1 Å². The smallest absolute Gasteiger partial charge is 0.187 e. The zero-order chi connectivity index (χ0) is 44.1. The van der Waals surface area contributed by atoms with Gasteiger partial charge in [-0.1, -0.05) is 140 Å². The Bertz CT molecular complexity index is 3960. The second-order valence-electron chi connectivity index (χ2n) is 16.4. The van der Waals surface area contributed by atoms with E-state index in [1.165, 1.54) is 0 Å². The highest BCUT2D eigenvalue weighted by Crippen LogP contribution is 2.43. The van der Waals surface area contributed by atoms with Crippen LogP contribution in [-0.4, -0.2) is 19.1 Å². The Morgan fingerprint density at radius 2 is 0.879 bits per heavy atom. The molecule has 0 amide bonds. The highest BCUT2D eigenvalue weighted by molar-refractivity contribution is 6.12. The van der Waals surface area contributed by atoms with Crippen molar-refractivity contribution in [1.29, 1.82) is 5.26 Å². The van der Waals surface area contributed by atoms with Crippen molar-refractivity contribution in [2.75, 3.05) is 0 Å². The van der Waals surface area contributed by atoms with Gasteiger partial charge in [-0.2, -0.15) is 5.26 Å². The van der Waals surface area contributed by atoms with Crippen LogP contribution in [0.25, 0.3) is 116 Å². The Balaban J connectivity index is 1.11. The largest absolute Gasteiger partial charge is 0.309 e. The van der Waals surface area contributed by atoms with Crippen molar-refractivity contribution >= 4 is 49.3 Å². The van der Waals surface area contributed by atoms with Crippen molar-refractivity contribution in [2.24, 2.45) is 0 Å². The van der Waals surface area contributed by atoms with Gasteiger partial charge in [0.05, 0.1) is 57.0 Å². The summed E-state index contributed by atoms with van der Waals surface area (Å²) in [5.74, 6) is 0. The number of aromatic nitrogens is 4. The number of hydrogen-bond acceptors (Lipinski definition) is 3. The molecule has 6 nitrogen and oxygen atoms in total. The summed E-state index contributed by atoms with van der Waals surface area (Å²) in [4.78, 5) is 13.3. The molecule has 0 atom stereocenters. The summed E-state index contributed by atoms with van der Waals surface area (Å²) in [6, 6.07) is 73.5. The minimum absolute atomic E-state index is 0.516. The molecule has 0 spiro atoms. The second kappa shape index (κ2) is 15.8. The molecule has 306 valence electrons. The summed E-state index contributed by atoms with van der Waals surface area (Å²) in [5, 5.41) is 15.7. The van der Waals surface area contributed by atoms with Crippen LogP contribution in [0, 0.1) is 17.9 Å². The number of fused-ring (bicyclic) bond motifs is 6. The van der Waals surface area contributed by atoms with Gasteiger partial charge in [0.2, 0.25) is 0 Å². The van der Waals surface area contributed by atoms with Crippen LogP contribution in [0.3, 0.4) is 0 Å². The van der Waals surface area contributed by atoms with Crippen molar-refractivity contribution in [2.45, 2.75) is 0 Å². The van der Waals surface area contributed by atoms with Gasteiger partial charge in [-0.15, -0.1) is 0 Å². The predicted molar refractivity (Wildman–Crippen MR) is 269 cm³/mol. The maximum absolute atomic E-state index is 11.3. The van der Waals surface area contributed by atoms with Crippen LogP contribution in [0.1, 0.15) is 5.56 Å². The zero-order valence-corrected chi connectivity index (χ0v) is 35.5. The van der Waals surface area contributed by atoms with Gasteiger partial charge in [0.15, 0.2) is 5.69 Å². The molecule has 0 aliphatic carbocycles. The Morgan fingerprint density at radius 3 is 1.42 bits per heavy atom. The molecule has 4 heterocycles. The zero-order valence-electron chi connectivity index (χ0n) is 35.5. The van der Waals surface area contributed by atoms with Gasteiger partial charge in [0.1, 0.15) is 6.07 Å². The van der Waals surface area contributed by atoms with E-state index in [2.05, 4.69) is 160 Å². The van der Waals surface area contributed by atoms with E-state index in [4.69, 9.17) is 16.5 Å². The molecule has 12 rings (SSSR count). The van der Waals surface area contributed by atoms with E-state index in [9.17, 15) is 5.26 Å². The van der Waals surface area contributed by atoms with Gasteiger partial charge < -0.3 is 9.13 Å². The molecular weight excluding hydrogens is 805 g/mol. The summed E-state index contributed by atoms with van der Waals surface area (Å²) >= 11 is 0. The van der Waals surface area contributed by atoms with E-state index >= 15 is 0 Å². The Kier molecular flexibility index (Phi) is 9.16. The SMILES string of the molecule is [C-]#[N+]c1cccc(-c2cc(-n3c4ccccc4c4ccc(-c5ccnc(-c6ccccc6)c5)cc43)c(C#N)cc2-n2c3ccccc3c3ccc(-c4ccnc(-c5ccccc5)c4)cc32)c1. The fourth-order valence-electron chi connectivity index (χ4n) is 9.58. The first kappa shape index (κ1) is 38.3. The minimum Gasteiger partial charge on any atom is -0.309 e. The average Bonchev–Trinajstić information content (AvgIpc) is 3.91. The molecule has 0 N–H and O–H groups in total. The molecule has 8 aromatic carbocycles. The highest BCUT2D eigenvalue weighted by atomic mass is 15.0. The van der Waals surface area contributed by atoms with E-state index < -0.39 is 0 Å². The van der Waals surface area contributed by atoms with E-state index in [0.29, 0.717) is 11.3 Å². The minimum atomic E-state index is 0.516. The number of pyridine rings is 2. The summed E-state index contributed by atoms with van der Waals surface area (Å²) in [6.07, 6.45) is 3.73. The molecule has 0 aliphatic rings. The molecule has 66 heavy (non-hydrogen) atoms. The molecule has 0 bridgehead atoms. The monoisotopic (exact) mass is 840 g/mol. The molecule has 12 aromatic rings. The first-order chi connectivity index (χ1) is 32.6. The quantitative estimate of drug-likeness (QED) is 0.150. The number of rotatable bonds is 7. The van der Waals surface area contributed by atoms with Crippen LogP contribution in [0.4, 0.5) is 5.69 Å². The molecule has 6 heteroatoms. The number of benzene rings is 8. The standard InChI is InChI=1S/C60H36N6/c1-62-47-18-12-17-45(31-47)52-37-57(65-55-21-10-8-19-48(55)50-25-23-41(34-58(50)65)43-27-29-63-53(32-43)39-13-4-2-5-14-39)46(38-61)36-60(52)66-56-22-11-9-20-49(56)51-26-24-42(35-59(51)66)44-28-30-64-54(33-44)40-15-6-3-7-16-40/h2-37H. The van der Waals surface area contributed by atoms with Crippen molar-refractivity contribution in [3.63, 3.8) is 0 Å². The predicted octanol–water partition coefficient (Wildman–Crippen LogP) is 15.4. The average molecular weight is 841 g/mol. The molecule has 0 fully saturated rings. The third-order valence-corrected chi connectivity index (χ3v) is 12.7. The van der Waals surface area contributed by atoms with Crippen molar-refractivity contribution in [3.05, 3.63) is 236 Å². The summed E-state index contributed by atoms with van der Waals surface area (Å²) < 4.78 is 4.52. The van der Waals surface area contributed by atoms with Crippen molar-refractivity contribution in [3.8, 4) is 73.3 Å². The van der Waals surface area contributed by atoms with Gasteiger partial charge in [0.25, 0.3) is 0 Å². The summed E-state index contributed by atoms with van der Waals surface area (Å²) in [6.45, 7) is 8.00. The first-order valence-electron chi connectivity index (χ1n) is 21.8. The molecule has 4 aromatic heterocycles. The number of nitriles is 1. The van der Waals surface area contributed by atoms with E-state index in [-0.39, 0.29) is 0 Å². The Hall–Kier alpha value is -9.36. The lowest BCUT2D eigenvalue weighted by atomic mass is 9.98. The van der Waals surface area contributed by atoms with Gasteiger partial charge in [-0.3, -0.25) is 9.97 Å². The molecule has 0 saturated heterocycles. The van der Waals surface area contributed by atoms with Gasteiger partial charge >= 0.3 is 0 Å². The highest BCUT2D eigenvalue weighted by Gasteiger charge is 2.23. The normalized spacial score (nSPS) is 11.3. The fraction of sp³-hybridized carbons (Fsp3) is 0. The van der Waals surface area contributed by atoms with Crippen LogP contribution >= 0.6 is 0 Å². The summed E-state index contributed by atoms with van der Waals surface area (Å²) in [5.41, 5.74) is 16.5. The first-order valence-corrected chi connectivity index (χ1v) is 21.8. The third-order valence-electron chi connectivity index (χ3n) is 12.7. The molecule has 0 saturated carbocycles. The molecule has 0 aliphatic heterocycles. The van der Waals surface area contributed by atoms with Gasteiger partial charge in [-0.05, 0) is 94.5 Å². The van der Waals surface area contributed by atoms with Crippen LogP contribution in [0.15, 0.2) is 219 Å². The molecule has 0 unspecified atom stereocenters. The van der Waals surface area contributed by atoms with E-state index in [0.717, 1.165) is 111 Å². The third kappa shape index (κ3) is 6.41. The number of para-hydroxylation sites is 2. The Labute approximate surface area is 381 Å². The van der Waals surface area contributed by atoms with Gasteiger partial charge in [0, 0.05) is 50.6 Å². The topological polar surface area (TPSA) is 63.8 Å². The lowest BCUT2D eigenvalue weighted by molar-refractivity contribution is 1.14. The number of nitrogens with zero attached hydrogens (tertiary/aromatic N) is 6. The molecular formula is C60H36N6. The fourth-order valence-corrected chi connectivity index (χ4v) is 9.58.